The van der Waals surface area contributed by atoms with Crippen molar-refractivity contribution in [3.8, 4) is 5.88 Å². The Balaban J connectivity index is 2.07. The van der Waals surface area contributed by atoms with E-state index in [1.54, 1.807) is 17.9 Å². The average molecular weight is 342 g/mol. The molecule has 24 heavy (non-hydrogen) atoms. The molecule has 2 heterocycles. The molecule has 0 saturated heterocycles. The number of ether oxygens (including phenoxy) is 1. The largest absolute Gasteiger partial charge is 0.467 e. The number of hydrogen-bond acceptors (Lipinski definition) is 4. The van der Waals surface area contributed by atoms with Crippen LogP contribution in [-0.2, 0) is 20.0 Å². The second-order valence-electron chi connectivity index (χ2n) is 5.07. The third-order valence-corrected chi connectivity index (χ3v) is 3.15. The summed E-state index contributed by atoms with van der Waals surface area (Å²) in [6, 6.07) is 2.81. The fourth-order valence-corrected chi connectivity index (χ4v) is 2.13. The van der Waals surface area contributed by atoms with Crippen LogP contribution >= 0.6 is 0 Å². The van der Waals surface area contributed by atoms with Crippen molar-refractivity contribution in [2.24, 2.45) is 7.05 Å². The Labute approximate surface area is 136 Å². The number of aryl methyl sites for hydroxylation is 2. The third-order valence-electron chi connectivity index (χ3n) is 3.15. The molecule has 1 amide bonds. The molecule has 2 aromatic heterocycles. The van der Waals surface area contributed by atoms with Gasteiger partial charge in [0.1, 0.15) is 5.56 Å². The van der Waals surface area contributed by atoms with Gasteiger partial charge in [-0.3, -0.25) is 9.48 Å². The molecule has 1 N–H and O–H groups in total. The fraction of sp³-hybridized carbons (Fsp3) is 0.400. The molecule has 0 fully saturated rings. The zero-order valence-corrected chi connectivity index (χ0v) is 13.2. The van der Waals surface area contributed by atoms with E-state index in [0.717, 1.165) is 11.3 Å². The van der Waals surface area contributed by atoms with E-state index in [2.05, 4.69) is 20.1 Å². The predicted octanol–water partition coefficient (Wildman–Crippen LogP) is 2.25. The SMILES string of the molecule is CCc1nn(C)cc1CNC(=O)c1cccnc1OCC(F)(F)F. The Morgan fingerprint density at radius 1 is 1.42 bits per heavy atom. The van der Waals surface area contributed by atoms with E-state index >= 15 is 0 Å². The van der Waals surface area contributed by atoms with Gasteiger partial charge in [0.15, 0.2) is 6.61 Å². The highest BCUT2D eigenvalue weighted by molar-refractivity contribution is 5.96. The van der Waals surface area contributed by atoms with Gasteiger partial charge in [0.05, 0.1) is 5.69 Å². The lowest BCUT2D eigenvalue weighted by atomic mass is 10.2. The van der Waals surface area contributed by atoms with Crippen LogP contribution in [0.2, 0.25) is 0 Å². The van der Waals surface area contributed by atoms with Crippen molar-refractivity contribution in [2.75, 3.05) is 6.61 Å². The van der Waals surface area contributed by atoms with E-state index in [1.165, 1.54) is 18.3 Å². The summed E-state index contributed by atoms with van der Waals surface area (Å²) in [7, 11) is 1.77. The van der Waals surface area contributed by atoms with Crippen LogP contribution in [0.25, 0.3) is 0 Å². The molecular weight excluding hydrogens is 325 g/mol. The molecule has 0 spiro atoms. The molecule has 9 heteroatoms. The van der Waals surface area contributed by atoms with Crippen LogP contribution in [0.3, 0.4) is 0 Å². The number of nitrogens with zero attached hydrogens (tertiary/aromatic N) is 3. The van der Waals surface area contributed by atoms with Crippen molar-refractivity contribution in [1.82, 2.24) is 20.1 Å². The molecule has 0 unspecified atom stereocenters. The molecule has 0 aliphatic heterocycles. The van der Waals surface area contributed by atoms with Gasteiger partial charge in [-0.1, -0.05) is 6.92 Å². The van der Waals surface area contributed by atoms with Crippen LogP contribution in [0, 0.1) is 0 Å². The van der Waals surface area contributed by atoms with Gasteiger partial charge in [0.2, 0.25) is 5.88 Å². The number of aromatic nitrogens is 3. The molecule has 2 rings (SSSR count). The number of nitrogens with one attached hydrogen (secondary N) is 1. The lowest BCUT2D eigenvalue weighted by molar-refractivity contribution is -0.154. The number of alkyl halides is 3. The Morgan fingerprint density at radius 3 is 2.83 bits per heavy atom. The highest BCUT2D eigenvalue weighted by atomic mass is 19.4. The molecule has 0 saturated carbocycles. The van der Waals surface area contributed by atoms with Gasteiger partial charge in [0, 0.05) is 31.5 Å². The summed E-state index contributed by atoms with van der Waals surface area (Å²) in [5.74, 6) is -0.916. The summed E-state index contributed by atoms with van der Waals surface area (Å²) in [5, 5.41) is 6.90. The molecule has 130 valence electrons. The summed E-state index contributed by atoms with van der Waals surface area (Å²) in [5.41, 5.74) is 1.64. The standard InChI is InChI=1S/C15H17F3N4O2/c1-3-12-10(8-22(2)21-12)7-20-13(23)11-5-4-6-19-14(11)24-9-15(16,17)18/h4-6,8H,3,7,9H2,1-2H3,(H,20,23). The highest BCUT2D eigenvalue weighted by Gasteiger charge is 2.29. The van der Waals surface area contributed by atoms with Crippen molar-refractivity contribution >= 4 is 5.91 Å². The molecule has 2 aromatic rings. The molecule has 0 radical (unpaired) electrons. The first-order valence-electron chi connectivity index (χ1n) is 7.24. The molecule has 0 atom stereocenters. The van der Waals surface area contributed by atoms with E-state index in [9.17, 15) is 18.0 Å². The van der Waals surface area contributed by atoms with Crippen LogP contribution < -0.4 is 10.1 Å². The number of carbonyl (C=O) groups excluding carboxylic acids is 1. The van der Waals surface area contributed by atoms with Gasteiger partial charge in [-0.2, -0.15) is 18.3 Å². The minimum atomic E-state index is -4.50. The second kappa shape index (κ2) is 7.33. The average Bonchev–Trinajstić information content (AvgIpc) is 2.90. The number of hydrogen-bond donors (Lipinski definition) is 1. The summed E-state index contributed by atoms with van der Waals surface area (Å²) < 4.78 is 43.1. The predicted molar refractivity (Wildman–Crippen MR) is 79.5 cm³/mol. The summed E-state index contributed by atoms with van der Waals surface area (Å²) >= 11 is 0. The normalized spacial score (nSPS) is 11.4. The molecule has 6 nitrogen and oxygen atoms in total. The quantitative estimate of drug-likeness (QED) is 0.874. The first kappa shape index (κ1) is 17.8. The molecule has 0 aliphatic carbocycles. The first-order valence-corrected chi connectivity index (χ1v) is 7.24. The summed E-state index contributed by atoms with van der Waals surface area (Å²) in [6.45, 7) is 0.647. The Morgan fingerprint density at radius 2 is 2.17 bits per heavy atom. The lowest BCUT2D eigenvalue weighted by Crippen LogP contribution is -2.25. The summed E-state index contributed by atoms with van der Waals surface area (Å²) in [4.78, 5) is 15.9. The van der Waals surface area contributed by atoms with Crippen LogP contribution in [0.4, 0.5) is 13.2 Å². The van der Waals surface area contributed by atoms with Crippen LogP contribution in [0.5, 0.6) is 5.88 Å². The van der Waals surface area contributed by atoms with Crippen molar-refractivity contribution in [2.45, 2.75) is 26.1 Å². The smallest absolute Gasteiger partial charge is 0.422 e. The molecule has 0 bridgehead atoms. The van der Waals surface area contributed by atoms with Gasteiger partial charge in [-0.05, 0) is 18.6 Å². The molecule has 0 aliphatic rings. The van der Waals surface area contributed by atoms with Crippen molar-refractivity contribution in [3.05, 3.63) is 41.3 Å². The number of amides is 1. The van der Waals surface area contributed by atoms with E-state index in [0.29, 0.717) is 6.42 Å². The Bertz CT molecular complexity index is 713. The van der Waals surface area contributed by atoms with E-state index in [-0.39, 0.29) is 18.0 Å². The highest BCUT2D eigenvalue weighted by Crippen LogP contribution is 2.20. The second-order valence-corrected chi connectivity index (χ2v) is 5.07. The molecule has 0 aromatic carbocycles. The van der Waals surface area contributed by atoms with Crippen molar-refractivity contribution in [1.29, 1.82) is 0 Å². The Kier molecular flexibility index (Phi) is 5.42. The minimum Gasteiger partial charge on any atom is -0.467 e. The van der Waals surface area contributed by atoms with Gasteiger partial charge in [-0.25, -0.2) is 4.98 Å². The van der Waals surface area contributed by atoms with Crippen LogP contribution in [0.1, 0.15) is 28.5 Å². The number of carbonyl (C=O) groups is 1. The van der Waals surface area contributed by atoms with Crippen LogP contribution in [-0.4, -0.2) is 33.5 Å². The number of pyridine rings is 1. The minimum absolute atomic E-state index is 0.0521. The fourth-order valence-electron chi connectivity index (χ4n) is 2.13. The third kappa shape index (κ3) is 4.71. The van der Waals surface area contributed by atoms with Crippen molar-refractivity contribution < 1.29 is 22.7 Å². The van der Waals surface area contributed by atoms with Crippen LogP contribution in [0.15, 0.2) is 24.5 Å². The maximum absolute atomic E-state index is 12.3. The lowest BCUT2D eigenvalue weighted by Gasteiger charge is -2.12. The zero-order chi connectivity index (χ0) is 17.7. The first-order chi connectivity index (χ1) is 11.3. The summed E-state index contributed by atoms with van der Waals surface area (Å²) in [6.07, 6.45) is -0.752. The van der Waals surface area contributed by atoms with E-state index < -0.39 is 18.7 Å². The molecular formula is C15H17F3N4O2. The maximum Gasteiger partial charge on any atom is 0.422 e. The van der Waals surface area contributed by atoms with Crippen molar-refractivity contribution in [3.63, 3.8) is 0 Å². The van der Waals surface area contributed by atoms with E-state index in [4.69, 9.17) is 0 Å². The van der Waals surface area contributed by atoms with Gasteiger partial charge >= 0.3 is 6.18 Å². The number of halogens is 3. The Hall–Kier alpha value is -2.58. The topological polar surface area (TPSA) is 69.0 Å². The zero-order valence-electron chi connectivity index (χ0n) is 13.2. The van der Waals surface area contributed by atoms with E-state index in [1.807, 2.05) is 6.92 Å². The maximum atomic E-state index is 12.3. The van der Waals surface area contributed by atoms with Gasteiger partial charge in [-0.15, -0.1) is 0 Å². The number of rotatable bonds is 6. The van der Waals surface area contributed by atoms with Gasteiger partial charge in [0.25, 0.3) is 5.91 Å². The van der Waals surface area contributed by atoms with Gasteiger partial charge < -0.3 is 10.1 Å². The monoisotopic (exact) mass is 342 g/mol.